The Bertz CT molecular complexity index is 616. The molecule has 2 N–H and O–H groups in total. The van der Waals surface area contributed by atoms with E-state index in [0.717, 1.165) is 37.7 Å². The number of nitrogens with one attached hydrogen (secondary N) is 1. The topological polar surface area (TPSA) is 49.3 Å². The first kappa shape index (κ1) is 15.5. The third kappa shape index (κ3) is 3.14. The molecule has 5 rings (SSSR count). The molecular weight excluding hydrogens is 310 g/mol. The minimum Gasteiger partial charge on any atom is -0.390 e. The van der Waals surface area contributed by atoms with Crippen LogP contribution in [-0.4, -0.2) is 16.6 Å². The lowest BCUT2D eigenvalue weighted by Crippen LogP contribution is -2.56. The van der Waals surface area contributed by atoms with Gasteiger partial charge >= 0.3 is 0 Å². The maximum atomic E-state index is 12.5. The molecule has 4 aliphatic rings. The SMILES string of the molecule is O=C(CC12CC3CC(CC(O)(C3)C1)C2)NCc1cccc(Cl)c1. The smallest absolute Gasteiger partial charge is 0.220 e. The van der Waals surface area contributed by atoms with Gasteiger partial charge in [0.1, 0.15) is 0 Å². The van der Waals surface area contributed by atoms with Gasteiger partial charge in [-0.1, -0.05) is 23.7 Å². The van der Waals surface area contributed by atoms with Crippen molar-refractivity contribution < 1.29 is 9.90 Å². The Hall–Kier alpha value is -1.06. The molecule has 1 aromatic carbocycles. The zero-order valence-electron chi connectivity index (χ0n) is 13.4. The molecule has 0 aromatic heterocycles. The minimum atomic E-state index is -0.489. The first-order valence-electron chi connectivity index (χ1n) is 8.67. The summed E-state index contributed by atoms with van der Waals surface area (Å²) in [6.45, 7) is 0.520. The number of amides is 1. The van der Waals surface area contributed by atoms with E-state index in [1.54, 1.807) is 0 Å². The molecule has 1 aromatic rings. The van der Waals surface area contributed by atoms with Crippen LogP contribution in [0.25, 0.3) is 0 Å². The summed E-state index contributed by atoms with van der Waals surface area (Å²) in [7, 11) is 0. The quantitative estimate of drug-likeness (QED) is 0.883. The van der Waals surface area contributed by atoms with Gasteiger partial charge in [-0.15, -0.1) is 0 Å². The number of carbonyl (C=O) groups excluding carboxylic acids is 1. The van der Waals surface area contributed by atoms with Crippen LogP contribution in [0.1, 0.15) is 50.5 Å². The third-order valence-electron chi connectivity index (χ3n) is 6.07. The number of aliphatic hydroxyl groups is 1. The number of hydrogen-bond acceptors (Lipinski definition) is 2. The Balaban J connectivity index is 1.39. The summed E-state index contributed by atoms with van der Waals surface area (Å²) in [5.74, 6) is 1.36. The van der Waals surface area contributed by atoms with Crippen molar-refractivity contribution in [2.75, 3.05) is 0 Å². The maximum Gasteiger partial charge on any atom is 0.220 e. The van der Waals surface area contributed by atoms with Crippen molar-refractivity contribution in [1.82, 2.24) is 5.32 Å². The van der Waals surface area contributed by atoms with Gasteiger partial charge < -0.3 is 10.4 Å². The minimum absolute atomic E-state index is 0.0389. The largest absolute Gasteiger partial charge is 0.390 e. The molecule has 23 heavy (non-hydrogen) atoms. The molecule has 1 amide bonds. The molecule has 4 aliphatic carbocycles. The zero-order valence-corrected chi connectivity index (χ0v) is 14.1. The van der Waals surface area contributed by atoms with Gasteiger partial charge in [-0.05, 0) is 73.5 Å². The molecule has 124 valence electrons. The lowest BCUT2D eigenvalue weighted by Gasteiger charge is -2.60. The number of hydrogen-bond donors (Lipinski definition) is 2. The van der Waals surface area contributed by atoms with E-state index in [1.165, 1.54) is 6.42 Å². The number of rotatable bonds is 4. The zero-order chi connectivity index (χ0) is 16.1. The van der Waals surface area contributed by atoms with Crippen molar-refractivity contribution in [1.29, 1.82) is 0 Å². The Morgan fingerprint density at radius 1 is 1.26 bits per heavy atom. The van der Waals surface area contributed by atoms with Crippen molar-refractivity contribution in [3.63, 3.8) is 0 Å². The van der Waals surface area contributed by atoms with Gasteiger partial charge in [0.05, 0.1) is 5.60 Å². The molecule has 4 saturated carbocycles. The van der Waals surface area contributed by atoms with Gasteiger partial charge in [0.2, 0.25) is 5.91 Å². The second-order valence-corrected chi connectivity index (χ2v) is 8.71. The maximum absolute atomic E-state index is 12.5. The highest BCUT2D eigenvalue weighted by atomic mass is 35.5. The van der Waals surface area contributed by atoms with Crippen molar-refractivity contribution in [3.05, 3.63) is 34.9 Å². The molecule has 4 bridgehead atoms. The van der Waals surface area contributed by atoms with Crippen LogP contribution < -0.4 is 5.32 Å². The van der Waals surface area contributed by atoms with Gasteiger partial charge in [-0.25, -0.2) is 0 Å². The van der Waals surface area contributed by atoms with Crippen molar-refractivity contribution in [2.45, 2.75) is 57.1 Å². The Morgan fingerprint density at radius 3 is 2.65 bits per heavy atom. The summed E-state index contributed by atoms with van der Waals surface area (Å²) >= 11 is 5.98. The predicted octanol–water partition coefficient (Wildman–Crippen LogP) is 3.68. The molecule has 4 heteroatoms. The average molecular weight is 334 g/mol. The van der Waals surface area contributed by atoms with Crippen LogP contribution in [-0.2, 0) is 11.3 Å². The van der Waals surface area contributed by atoms with E-state index in [2.05, 4.69) is 5.32 Å². The summed E-state index contributed by atoms with van der Waals surface area (Å²) in [5.41, 5.74) is 0.573. The fraction of sp³-hybridized carbons (Fsp3) is 0.632. The highest BCUT2D eigenvalue weighted by Gasteiger charge is 2.57. The van der Waals surface area contributed by atoms with Crippen LogP contribution in [0.5, 0.6) is 0 Å². The van der Waals surface area contributed by atoms with E-state index in [9.17, 15) is 9.90 Å². The summed E-state index contributed by atoms with van der Waals surface area (Å²) in [4.78, 5) is 12.5. The molecule has 3 nitrogen and oxygen atoms in total. The molecule has 2 unspecified atom stereocenters. The van der Waals surface area contributed by atoms with Crippen LogP contribution in [0, 0.1) is 17.3 Å². The van der Waals surface area contributed by atoms with Gasteiger partial charge in [0, 0.05) is 18.0 Å². The number of halogens is 1. The average Bonchev–Trinajstić information content (AvgIpc) is 2.42. The summed E-state index contributed by atoms with van der Waals surface area (Å²) in [5, 5.41) is 14.5. The first-order chi connectivity index (χ1) is 10.9. The molecule has 2 atom stereocenters. The molecule has 0 radical (unpaired) electrons. The van der Waals surface area contributed by atoms with Gasteiger partial charge in [-0.2, -0.15) is 0 Å². The number of carbonyl (C=O) groups is 1. The normalized spacial score (nSPS) is 37.8. The fourth-order valence-electron chi connectivity index (χ4n) is 5.86. The molecule has 0 heterocycles. The van der Waals surface area contributed by atoms with Crippen LogP contribution in [0.2, 0.25) is 5.02 Å². The highest BCUT2D eigenvalue weighted by molar-refractivity contribution is 6.30. The Morgan fingerprint density at radius 2 is 2.00 bits per heavy atom. The van der Waals surface area contributed by atoms with Crippen LogP contribution >= 0.6 is 11.6 Å². The lowest BCUT2D eigenvalue weighted by atomic mass is 9.47. The molecule has 0 saturated heterocycles. The molecular formula is C19H24ClNO2. The second kappa shape index (κ2) is 5.49. The van der Waals surface area contributed by atoms with E-state index in [0.29, 0.717) is 29.8 Å². The van der Waals surface area contributed by atoms with Crippen LogP contribution in [0.4, 0.5) is 0 Å². The summed E-state index contributed by atoms with van der Waals surface area (Å²) in [6.07, 6.45) is 6.78. The van der Waals surface area contributed by atoms with Crippen molar-refractivity contribution in [3.8, 4) is 0 Å². The van der Waals surface area contributed by atoms with Crippen molar-refractivity contribution >= 4 is 17.5 Å². The third-order valence-corrected chi connectivity index (χ3v) is 6.30. The van der Waals surface area contributed by atoms with Gasteiger partial charge in [-0.3, -0.25) is 4.79 Å². The van der Waals surface area contributed by atoms with E-state index in [1.807, 2.05) is 24.3 Å². The molecule has 4 fully saturated rings. The Kier molecular flexibility index (Phi) is 3.69. The Labute approximate surface area is 142 Å². The highest BCUT2D eigenvalue weighted by Crippen LogP contribution is 2.62. The van der Waals surface area contributed by atoms with E-state index < -0.39 is 5.60 Å². The summed E-state index contributed by atoms with van der Waals surface area (Å²) in [6, 6.07) is 7.59. The second-order valence-electron chi connectivity index (χ2n) is 8.27. The van der Waals surface area contributed by atoms with Crippen molar-refractivity contribution in [2.24, 2.45) is 17.3 Å². The van der Waals surface area contributed by atoms with E-state index >= 15 is 0 Å². The predicted molar refractivity (Wildman–Crippen MR) is 90.0 cm³/mol. The summed E-state index contributed by atoms with van der Waals surface area (Å²) < 4.78 is 0. The van der Waals surface area contributed by atoms with Crippen LogP contribution in [0.15, 0.2) is 24.3 Å². The fourth-order valence-corrected chi connectivity index (χ4v) is 6.07. The first-order valence-corrected chi connectivity index (χ1v) is 9.05. The molecule has 0 aliphatic heterocycles. The lowest BCUT2D eigenvalue weighted by molar-refractivity contribution is -0.169. The standard InChI is InChI=1S/C19H24ClNO2/c20-16-3-1-2-13(5-16)11-21-17(22)10-18-6-14-4-15(7-18)9-19(23,8-14)12-18/h1-3,5,14-15,23H,4,6-12H2,(H,21,22). The molecule has 0 spiro atoms. The van der Waals surface area contributed by atoms with Gasteiger partial charge in [0.15, 0.2) is 0 Å². The van der Waals surface area contributed by atoms with E-state index in [4.69, 9.17) is 11.6 Å². The van der Waals surface area contributed by atoms with Crippen LogP contribution in [0.3, 0.4) is 0 Å². The number of benzene rings is 1. The monoisotopic (exact) mass is 333 g/mol. The van der Waals surface area contributed by atoms with Gasteiger partial charge in [0.25, 0.3) is 0 Å². The van der Waals surface area contributed by atoms with E-state index in [-0.39, 0.29) is 11.3 Å².